The summed E-state index contributed by atoms with van der Waals surface area (Å²) in [6.45, 7) is 1.73. The molecule has 1 atom stereocenters. The van der Waals surface area contributed by atoms with Crippen molar-refractivity contribution in [2.75, 3.05) is 29.9 Å². The number of thiazole rings is 1. The minimum Gasteiger partial charge on any atom is -0.353 e. The lowest BCUT2D eigenvalue weighted by molar-refractivity contribution is 0.484. The molecular formula is C13H18N6O2S2. The fourth-order valence-corrected chi connectivity index (χ4v) is 4.21. The number of likely N-dealkylation sites (N-methyl/N-ethyl adjacent to an activating group) is 1. The topological polar surface area (TPSA) is 105 Å². The average molecular weight is 354 g/mol. The predicted molar refractivity (Wildman–Crippen MR) is 89.2 cm³/mol. The van der Waals surface area contributed by atoms with E-state index < -0.39 is 10.0 Å². The molecule has 0 spiro atoms. The van der Waals surface area contributed by atoms with Crippen molar-refractivity contribution in [2.45, 2.75) is 23.1 Å². The van der Waals surface area contributed by atoms with Gasteiger partial charge in [-0.15, -0.1) is 5.10 Å². The summed E-state index contributed by atoms with van der Waals surface area (Å²) in [6, 6.07) is 4.04. The summed E-state index contributed by atoms with van der Waals surface area (Å²) in [4.78, 5) is 8.40. The van der Waals surface area contributed by atoms with Gasteiger partial charge in [-0.25, -0.2) is 18.5 Å². The van der Waals surface area contributed by atoms with Gasteiger partial charge in [0.15, 0.2) is 15.2 Å². The van der Waals surface area contributed by atoms with Crippen LogP contribution in [-0.4, -0.2) is 49.8 Å². The first-order valence-electron chi connectivity index (χ1n) is 7.19. The molecule has 0 saturated carbocycles. The van der Waals surface area contributed by atoms with Crippen molar-refractivity contribution in [1.82, 2.24) is 15.2 Å². The summed E-state index contributed by atoms with van der Waals surface area (Å²) < 4.78 is 22.9. The monoisotopic (exact) mass is 354 g/mol. The van der Waals surface area contributed by atoms with E-state index in [1.54, 1.807) is 6.20 Å². The highest BCUT2D eigenvalue weighted by molar-refractivity contribution is 7.91. The number of aromatic nitrogens is 3. The zero-order valence-electron chi connectivity index (χ0n) is 12.7. The zero-order valence-corrected chi connectivity index (χ0v) is 14.3. The molecule has 3 heterocycles. The third kappa shape index (κ3) is 3.59. The molecule has 0 aliphatic carbocycles. The van der Waals surface area contributed by atoms with E-state index >= 15 is 0 Å². The molecule has 0 aromatic carbocycles. The Morgan fingerprint density at radius 1 is 1.48 bits per heavy atom. The first kappa shape index (κ1) is 16.1. The van der Waals surface area contributed by atoms with Crippen LogP contribution < -0.4 is 14.9 Å². The van der Waals surface area contributed by atoms with Crippen LogP contribution in [0.5, 0.6) is 0 Å². The molecule has 0 bridgehead atoms. The third-order valence-corrected chi connectivity index (χ3v) is 6.38. The number of hydrogen-bond acceptors (Lipinski definition) is 8. The molecular weight excluding hydrogens is 336 g/mol. The number of nitrogens with zero attached hydrogens (tertiary/aromatic N) is 5. The molecule has 1 saturated heterocycles. The average Bonchev–Trinajstić information content (AvgIpc) is 3.05. The maximum atomic E-state index is 11.4. The zero-order chi connectivity index (χ0) is 16.4. The Morgan fingerprint density at radius 2 is 2.30 bits per heavy atom. The quantitative estimate of drug-likeness (QED) is 0.861. The van der Waals surface area contributed by atoms with Gasteiger partial charge in [-0.2, -0.15) is 5.10 Å². The van der Waals surface area contributed by atoms with Crippen LogP contribution in [0.1, 0.15) is 12.8 Å². The van der Waals surface area contributed by atoms with E-state index in [1.165, 1.54) is 6.20 Å². The van der Waals surface area contributed by atoms with Gasteiger partial charge < -0.3 is 9.80 Å². The molecule has 2 aromatic rings. The molecule has 124 valence electrons. The van der Waals surface area contributed by atoms with Gasteiger partial charge in [0, 0.05) is 32.4 Å². The maximum Gasteiger partial charge on any atom is 0.249 e. The Bertz CT molecular complexity index is 764. The van der Waals surface area contributed by atoms with Gasteiger partial charge in [0.25, 0.3) is 0 Å². The van der Waals surface area contributed by atoms with Gasteiger partial charge in [0.1, 0.15) is 0 Å². The largest absolute Gasteiger partial charge is 0.353 e. The van der Waals surface area contributed by atoms with Crippen molar-refractivity contribution in [3.63, 3.8) is 0 Å². The molecule has 2 aromatic heterocycles. The number of sulfonamides is 1. The van der Waals surface area contributed by atoms with Crippen LogP contribution in [0.4, 0.5) is 10.9 Å². The Morgan fingerprint density at radius 3 is 2.96 bits per heavy atom. The Kier molecular flexibility index (Phi) is 4.46. The lowest BCUT2D eigenvalue weighted by Crippen LogP contribution is -2.47. The van der Waals surface area contributed by atoms with Crippen LogP contribution in [0.15, 0.2) is 28.7 Å². The van der Waals surface area contributed by atoms with Crippen molar-refractivity contribution in [3.8, 4) is 0 Å². The molecule has 1 aliphatic heterocycles. The van der Waals surface area contributed by atoms with Crippen molar-refractivity contribution >= 4 is 32.3 Å². The summed E-state index contributed by atoms with van der Waals surface area (Å²) in [5.41, 5.74) is 0. The van der Waals surface area contributed by atoms with Crippen LogP contribution in [0, 0.1) is 0 Å². The fraction of sp³-hybridized carbons (Fsp3) is 0.462. The van der Waals surface area contributed by atoms with Crippen molar-refractivity contribution in [3.05, 3.63) is 24.5 Å². The Hall–Kier alpha value is -1.78. The maximum absolute atomic E-state index is 11.4. The second-order valence-corrected chi connectivity index (χ2v) is 8.24. The second kappa shape index (κ2) is 6.38. The van der Waals surface area contributed by atoms with E-state index in [4.69, 9.17) is 5.14 Å². The van der Waals surface area contributed by atoms with Gasteiger partial charge in [-0.05, 0) is 25.0 Å². The van der Waals surface area contributed by atoms with Crippen molar-refractivity contribution in [1.29, 1.82) is 0 Å². The lowest BCUT2D eigenvalue weighted by atomic mass is 10.0. The van der Waals surface area contributed by atoms with Crippen molar-refractivity contribution < 1.29 is 8.42 Å². The molecule has 2 N–H and O–H groups in total. The van der Waals surface area contributed by atoms with Crippen LogP contribution >= 0.6 is 11.3 Å². The van der Waals surface area contributed by atoms with Crippen molar-refractivity contribution in [2.24, 2.45) is 5.14 Å². The Balaban J connectivity index is 1.74. The number of anilines is 2. The van der Waals surface area contributed by atoms with E-state index in [-0.39, 0.29) is 10.3 Å². The summed E-state index contributed by atoms with van der Waals surface area (Å²) in [7, 11) is -1.77. The van der Waals surface area contributed by atoms with Crippen LogP contribution in [0.3, 0.4) is 0 Å². The molecule has 1 unspecified atom stereocenters. The second-order valence-electron chi connectivity index (χ2n) is 5.44. The number of primary sulfonamides is 1. The minimum atomic E-state index is -3.70. The molecule has 0 amide bonds. The molecule has 0 radical (unpaired) electrons. The summed E-state index contributed by atoms with van der Waals surface area (Å²) in [6.07, 6.45) is 5.01. The predicted octanol–water partition coefficient (Wildman–Crippen LogP) is 0.686. The van der Waals surface area contributed by atoms with Gasteiger partial charge in [-0.1, -0.05) is 11.3 Å². The fourth-order valence-electron chi connectivity index (χ4n) is 2.64. The number of hydrogen-bond donors (Lipinski definition) is 1. The van der Waals surface area contributed by atoms with E-state index in [0.29, 0.717) is 5.13 Å². The standard InChI is InChI=1S/C13H18N6O2S2/c1-18(13-15-8-12(22-13)23(14,20)21)10-4-3-7-19(9-10)11-5-2-6-16-17-11/h2,5-6,8,10H,3-4,7,9H2,1H3,(H2,14,20,21). The number of rotatable bonds is 4. The van der Waals surface area contributed by atoms with E-state index in [0.717, 1.165) is 43.1 Å². The molecule has 23 heavy (non-hydrogen) atoms. The highest BCUT2D eigenvalue weighted by Gasteiger charge is 2.26. The normalized spacial score (nSPS) is 18.9. The molecule has 3 rings (SSSR count). The Labute approximate surface area is 139 Å². The number of nitrogens with two attached hydrogens (primary N) is 1. The van der Waals surface area contributed by atoms with Crippen LogP contribution in [0.2, 0.25) is 0 Å². The molecule has 8 nitrogen and oxygen atoms in total. The lowest BCUT2D eigenvalue weighted by Gasteiger charge is -2.37. The van der Waals surface area contributed by atoms with E-state index in [2.05, 4.69) is 20.1 Å². The summed E-state index contributed by atoms with van der Waals surface area (Å²) in [5, 5.41) is 13.9. The molecule has 10 heteroatoms. The van der Waals surface area contributed by atoms with Crippen LogP contribution in [0.25, 0.3) is 0 Å². The minimum absolute atomic E-state index is 0.0842. The summed E-state index contributed by atoms with van der Waals surface area (Å²) >= 11 is 1.09. The first-order chi connectivity index (χ1) is 10.9. The van der Waals surface area contributed by atoms with Gasteiger partial charge >= 0.3 is 0 Å². The summed E-state index contributed by atoms with van der Waals surface area (Å²) in [5.74, 6) is 0.856. The third-order valence-electron chi connectivity index (χ3n) is 3.88. The molecule has 1 aliphatic rings. The molecule has 1 fully saturated rings. The van der Waals surface area contributed by atoms with E-state index in [9.17, 15) is 8.42 Å². The van der Waals surface area contributed by atoms with E-state index in [1.807, 2.05) is 24.1 Å². The van der Waals surface area contributed by atoms with Gasteiger partial charge in [0.05, 0.1) is 6.20 Å². The smallest absolute Gasteiger partial charge is 0.249 e. The highest BCUT2D eigenvalue weighted by atomic mass is 32.2. The van der Waals surface area contributed by atoms with Gasteiger partial charge in [0.2, 0.25) is 10.0 Å². The number of piperidine rings is 1. The van der Waals surface area contributed by atoms with Gasteiger partial charge in [-0.3, -0.25) is 0 Å². The first-order valence-corrected chi connectivity index (χ1v) is 9.55. The SMILES string of the molecule is CN(c1ncc(S(N)(=O)=O)s1)C1CCCN(c2cccnn2)C1. The van der Waals surface area contributed by atoms with Crippen LogP contribution in [-0.2, 0) is 10.0 Å². The highest BCUT2D eigenvalue weighted by Crippen LogP contribution is 2.28.